The van der Waals surface area contributed by atoms with Crippen LogP contribution in [0.5, 0.6) is 0 Å². The number of hydrogen-bond acceptors (Lipinski definition) is 9. The van der Waals surface area contributed by atoms with Gasteiger partial charge in [0, 0.05) is 25.7 Å². The first-order chi connectivity index (χ1) is 17.4. The SMILES string of the molecule is C=CC(=O)/C(CO/C=C/C(C)C1N=CC(O/C=C/CCC=N)=CC1=C)=N\NC(/C=N\N(C)CC)CC. The van der Waals surface area contributed by atoms with Crippen LogP contribution in [0, 0.1) is 11.3 Å². The molecule has 1 heterocycles. The molecule has 3 unspecified atom stereocenters. The summed E-state index contributed by atoms with van der Waals surface area (Å²) in [4.78, 5) is 16.7. The second kappa shape index (κ2) is 17.7. The Kier molecular flexibility index (Phi) is 14.8. The molecule has 0 aromatic heterocycles. The summed E-state index contributed by atoms with van der Waals surface area (Å²) in [6.45, 7) is 14.5. The second-order valence-corrected chi connectivity index (χ2v) is 8.12. The van der Waals surface area contributed by atoms with Crippen molar-refractivity contribution < 1.29 is 14.3 Å². The molecule has 0 saturated heterocycles. The van der Waals surface area contributed by atoms with Crippen LogP contribution in [0.4, 0.5) is 0 Å². The molecule has 196 valence electrons. The Morgan fingerprint density at radius 3 is 2.78 bits per heavy atom. The number of nitrogens with one attached hydrogen (secondary N) is 2. The molecule has 0 bridgehead atoms. The lowest BCUT2D eigenvalue weighted by Gasteiger charge is -2.21. The molecular formula is C27H40N6O3. The maximum Gasteiger partial charge on any atom is 0.204 e. The summed E-state index contributed by atoms with van der Waals surface area (Å²) < 4.78 is 11.1. The van der Waals surface area contributed by atoms with Crippen molar-refractivity contribution >= 4 is 30.1 Å². The Hall–Kier alpha value is -3.75. The van der Waals surface area contributed by atoms with E-state index in [9.17, 15) is 4.79 Å². The summed E-state index contributed by atoms with van der Waals surface area (Å²) in [5.41, 5.74) is 4.02. The third-order valence-electron chi connectivity index (χ3n) is 5.22. The number of ketones is 1. The van der Waals surface area contributed by atoms with E-state index in [1.165, 1.54) is 12.3 Å². The van der Waals surface area contributed by atoms with Gasteiger partial charge in [-0.05, 0) is 62.3 Å². The van der Waals surface area contributed by atoms with Crippen molar-refractivity contribution in [1.29, 1.82) is 5.41 Å². The Bertz CT molecular complexity index is 916. The third-order valence-corrected chi connectivity index (χ3v) is 5.22. The van der Waals surface area contributed by atoms with Gasteiger partial charge in [-0.25, -0.2) is 0 Å². The lowest BCUT2D eigenvalue weighted by molar-refractivity contribution is -0.109. The maximum atomic E-state index is 12.2. The summed E-state index contributed by atoms with van der Waals surface area (Å²) in [6.07, 6.45) is 17.0. The molecule has 2 N–H and O–H groups in total. The van der Waals surface area contributed by atoms with Gasteiger partial charge in [-0.15, -0.1) is 0 Å². The lowest BCUT2D eigenvalue weighted by Crippen LogP contribution is -2.30. The molecule has 3 atom stereocenters. The minimum absolute atomic E-state index is 0.000594. The maximum absolute atomic E-state index is 12.2. The number of hydrogen-bond donors (Lipinski definition) is 2. The van der Waals surface area contributed by atoms with Crippen LogP contribution in [0.1, 0.15) is 40.0 Å². The van der Waals surface area contributed by atoms with Crippen LogP contribution < -0.4 is 5.43 Å². The van der Waals surface area contributed by atoms with E-state index in [1.54, 1.807) is 25.0 Å². The number of nitrogens with zero attached hydrogens (tertiary/aromatic N) is 4. The zero-order chi connectivity index (χ0) is 26.8. The van der Waals surface area contributed by atoms with Crippen molar-refractivity contribution in [3.05, 3.63) is 61.3 Å². The smallest absolute Gasteiger partial charge is 0.204 e. The van der Waals surface area contributed by atoms with Crippen LogP contribution in [0.25, 0.3) is 0 Å². The van der Waals surface area contributed by atoms with Crippen LogP contribution in [0.2, 0.25) is 0 Å². The topological polar surface area (TPSA) is 112 Å². The molecule has 0 aliphatic carbocycles. The summed E-state index contributed by atoms with van der Waals surface area (Å²) in [5.74, 6) is 0.318. The lowest BCUT2D eigenvalue weighted by atomic mass is 9.94. The Morgan fingerprint density at radius 2 is 2.14 bits per heavy atom. The van der Waals surface area contributed by atoms with Gasteiger partial charge in [-0.2, -0.15) is 10.2 Å². The van der Waals surface area contributed by atoms with Crippen molar-refractivity contribution in [1.82, 2.24) is 10.4 Å². The summed E-state index contributed by atoms with van der Waals surface area (Å²) in [5, 5.41) is 17.4. The molecule has 0 saturated carbocycles. The summed E-state index contributed by atoms with van der Waals surface area (Å²) in [7, 11) is 1.89. The molecular weight excluding hydrogens is 456 g/mol. The number of hydrazone groups is 2. The fourth-order valence-electron chi connectivity index (χ4n) is 2.82. The molecule has 0 radical (unpaired) electrons. The van der Waals surface area contributed by atoms with Gasteiger partial charge in [0.25, 0.3) is 0 Å². The second-order valence-electron chi connectivity index (χ2n) is 8.12. The van der Waals surface area contributed by atoms with Gasteiger partial charge in [0.2, 0.25) is 5.78 Å². The number of dihydropyridines is 1. The molecule has 9 heteroatoms. The van der Waals surface area contributed by atoms with Gasteiger partial charge >= 0.3 is 0 Å². The Balaban J connectivity index is 2.64. The molecule has 1 aliphatic rings. The molecule has 1 rings (SSSR count). The van der Waals surface area contributed by atoms with E-state index in [4.69, 9.17) is 14.9 Å². The van der Waals surface area contributed by atoms with Crippen molar-refractivity contribution in [2.75, 3.05) is 20.2 Å². The number of carbonyl (C=O) groups is 1. The molecule has 0 spiro atoms. The van der Waals surface area contributed by atoms with Crippen LogP contribution in [0.3, 0.4) is 0 Å². The average Bonchev–Trinajstić information content (AvgIpc) is 2.88. The van der Waals surface area contributed by atoms with Crippen molar-refractivity contribution in [3.63, 3.8) is 0 Å². The fraction of sp³-hybridized carbons (Fsp3) is 0.444. The Labute approximate surface area is 215 Å². The van der Waals surface area contributed by atoms with Crippen LogP contribution >= 0.6 is 0 Å². The highest BCUT2D eigenvalue weighted by atomic mass is 16.5. The zero-order valence-electron chi connectivity index (χ0n) is 21.9. The predicted octanol–water partition coefficient (Wildman–Crippen LogP) is 4.42. The number of unbranched alkanes of at least 4 members (excludes halogenated alkanes) is 1. The van der Waals surface area contributed by atoms with Crippen LogP contribution in [0.15, 0.2) is 76.5 Å². The van der Waals surface area contributed by atoms with E-state index in [0.29, 0.717) is 12.2 Å². The van der Waals surface area contributed by atoms with E-state index in [1.807, 2.05) is 51.1 Å². The highest BCUT2D eigenvalue weighted by molar-refractivity contribution is 6.44. The van der Waals surface area contributed by atoms with E-state index in [-0.39, 0.29) is 36.1 Å². The summed E-state index contributed by atoms with van der Waals surface area (Å²) >= 11 is 0. The molecule has 9 nitrogen and oxygen atoms in total. The van der Waals surface area contributed by atoms with Gasteiger partial charge in [-0.1, -0.05) is 27.0 Å². The van der Waals surface area contributed by atoms with Gasteiger partial charge in [-0.3, -0.25) is 9.79 Å². The number of carbonyl (C=O) groups excluding carboxylic acids is 1. The standard InChI is InChI=1S/C27H40N6O3/c1-7-23(18-30-33(6)9-3)31-32-25(26(34)8-2)20-35-16-13-21(4)27-22(5)17-24(19-29-27)36-15-12-10-11-14-28/h8,12-19,21,23,27-28,31H,2,5,7,9-11,20H2,1,3-4,6H3/b15-12+,16-13+,28-14?,30-18-,32-25-. The van der Waals surface area contributed by atoms with Crippen molar-refractivity contribution in [2.45, 2.75) is 52.1 Å². The third kappa shape index (κ3) is 11.6. The first kappa shape index (κ1) is 30.3. The molecule has 0 aromatic carbocycles. The van der Waals surface area contributed by atoms with Gasteiger partial charge in [0.15, 0.2) is 0 Å². The molecule has 36 heavy (non-hydrogen) atoms. The van der Waals surface area contributed by atoms with E-state index in [2.05, 4.69) is 33.8 Å². The van der Waals surface area contributed by atoms with Crippen molar-refractivity contribution in [2.24, 2.45) is 21.1 Å². The molecule has 0 aromatic rings. The highest BCUT2D eigenvalue weighted by Crippen LogP contribution is 2.22. The number of rotatable bonds is 18. The van der Waals surface area contributed by atoms with E-state index < -0.39 is 0 Å². The minimum Gasteiger partial charge on any atom is -0.495 e. The normalized spacial score (nSPS) is 17.8. The molecule has 0 fully saturated rings. The predicted molar refractivity (Wildman–Crippen MR) is 149 cm³/mol. The minimum atomic E-state index is -0.309. The molecule has 1 aliphatic heterocycles. The number of allylic oxidation sites excluding steroid dienone is 3. The van der Waals surface area contributed by atoms with Crippen LogP contribution in [-0.2, 0) is 14.3 Å². The highest BCUT2D eigenvalue weighted by Gasteiger charge is 2.19. The number of ether oxygens (including phenoxy) is 2. The van der Waals surface area contributed by atoms with E-state index >= 15 is 0 Å². The van der Waals surface area contributed by atoms with Gasteiger partial charge < -0.3 is 25.3 Å². The first-order valence-electron chi connectivity index (χ1n) is 12.1. The van der Waals surface area contributed by atoms with Gasteiger partial charge in [0.1, 0.15) is 18.1 Å². The largest absolute Gasteiger partial charge is 0.495 e. The number of aliphatic imine (C=N–C) groups is 1. The quantitative estimate of drug-likeness (QED) is 0.0959. The van der Waals surface area contributed by atoms with E-state index in [0.717, 1.165) is 25.0 Å². The monoisotopic (exact) mass is 496 g/mol. The fourth-order valence-corrected chi connectivity index (χ4v) is 2.82. The summed E-state index contributed by atoms with van der Waals surface area (Å²) in [6, 6.07) is -0.258. The Morgan fingerprint density at radius 1 is 1.36 bits per heavy atom. The van der Waals surface area contributed by atoms with Crippen molar-refractivity contribution in [3.8, 4) is 0 Å². The molecule has 0 amide bonds. The zero-order valence-corrected chi connectivity index (χ0v) is 21.9. The van der Waals surface area contributed by atoms with Crippen LogP contribution in [-0.4, -0.2) is 67.4 Å². The van der Waals surface area contributed by atoms with Gasteiger partial charge in [0.05, 0.1) is 30.8 Å². The average molecular weight is 497 g/mol. The first-order valence-corrected chi connectivity index (χ1v) is 12.1.